The lowest BCUT2D eigenvalue weighted by Gasteiger charge is -2.54. The molecule has 0 amide bonds. The molecular weight excluding hydrogens is 222 g/mol. The normalized spacial score (nSPS) is 41.4. The number of nitrogens with one attached hydrogen (secondary N) is 1. The first kappa shape index (κ1) is 11.1. The van der Waals surface area contributed by atoms with Gasteiger partial charge in [0.25, 0.3) is 0 Å². The number of rotatable bonds is 4. The molecule has 4 bridgehead atoms. The van der Waals surface area contributed by atoms with E-state index in [-0.39, 0.29) is 0 Å². The van der Waals surface area contributed by atoms with Crippen molar-refractivity contribution in [3.63, 3.8) is 0 Å². The van der Waals surface area contributed by atoms with Crippen LogP contribution in [0.25, 0.3) is 0 Å². The fraction of sp³-hybridized carbons (Fsp3) is 0.750. The molecule has 4 aliphatic carbocycles. The molecule has 4 aliphatic rings. The summed E-state index contributed by atoms with van der Waals surface area (Å²) < 4.78 is 5.40. The summed E-state index contributed by atoms with van der Waals surface area (Å²) in [7, 11) is 0. The highest BCUT2D eigenvalue weighted by atomic mass is 16.3. The molecule has 2 heteroatoms. The molecule has 1 heterocycles. The second kappa shape index (κ2) is 4.41. The van der Waals surface area contributed by atoms with Crippen molar-refractivity contribution < 1.29 is 4.42 Å². The van der Waals surface area contributed by atoms with Crippen LogP contribution in [0.4, 0.5) is 0 Å². The predicted octanol–water partition coefficient (Wildman–Crippen LogP) is 3.24. The summed E-state index contributed by atoms with van der Waals surface area (Å²) in [6, 6.07) is 4.88. The van der Waals surface area contributed by atoms with Gasteiger partial charge >= 0.3 is 0 Å². The first-order valence-corrected chi connectivity index (χ1v) is 7.64. The van der Waals surface area contributed by atoms with Gasteiger partial charge in [-0.05, 0) is 67.9 Å². The zero-order valence-electron chi connectivity index (χ0n) is 11.0. The highest BCUT2D eigenvalue weighted by Crippen LogP contribution is 2.53. The van der Waals surface area contributed by atoms with Crippen molar-refractivity contribution in [3.05, 3.63) is 24.2 Å². The fourth-order valence-corrected chi connectivity index (χ4v) is 5.08. The van der Waals surface area contributed by atoms with E-state index in [9.17, 15) is 0 Å². The monoisotopic (exact) mass is 245 g/mol. The summed E-state index contributed by atoms with van der Waals surface area (Å²) in [5, 5.41) is 3.84. The van der Waals surface area contributed by atoms with Crippen molar-refractivity contribution in [1.29, 1.82) is 0 Å². The summed E-state index contributed by atoms with van der Waals surface area (Å²) in [4.78, 5) is 0. The van der Waals surface area contributed by atoms with E-state index < -0.39 is 0 Å². The molecule has 4 saturated carbocycles. The van der Waals surface area contributed by atoms with Crippen LogP contribution in [0.5, 0.6) is 0 Å². The molecule has 2 nitrogen and oxygen atoms in total. The van der Waals surface area contributed by atoms with E-state index in [4.69, 9.17) is 4.42 Å². The molecule has 0 spiro atoms. The summed E-state index contributed by atoms with van der Waals surface area (Å²) in [5.41, 5.74) is 0. The molecular formula is C16H23NO. The SMILES string of the molecule is c1coc(CCNC2C3CC4CC(C3)CC2C4)c1. The highest BCUT2D eigenvalue weighted by Gasteiger charge is 2.47. The molecule has 98 valence electrons. The largest absolute Gasteiger partial charge is 0.469 e. The maximum absolute atomic E-state index is 5.40. The van der Waals surface area contributed by atoms with E-state index in [1.807, 2.05) is 6.07 Å². The van der Waals surface area contributed by atoms with Crippen molar-refractivity contribution in [1.82, 2.24) is 5.32 Å². The molecule has 0 unspecified atom stereocenters. The average molecular weight is 245 g/mol. The average Bonchev–Trinajstić information content (AvgIpc) is 2.85. The van der Waals surface area contributed by atoms with Gasteiger partial charge in [0.1, 0.15) is 5.76 Å². The molecule has 5 rings (SSSR count). The maximum atomic E-state index is 5.40. The summed E-state index contributed by atoms with van der Waals surface area (Å²) in [6.45, 7) is 1.08. The molecule has 1 aromatic rings. The zero-order valence-corrected chi connectivity index (χ0v) is 11.0. The van der Waals surface area contributed by atoms with Crippen LogP contribution in [0.2, 0.25) is 0 Å². The standard InChI is InChI=1S/C16H23NO/c1-2-15(18-5-1)3-4-17-16-13-7-11-6-12(9-13)10-14(16)8-11/h1-2,5,11-14,16-17H,3-4,6-10H2. The molecule has 0 aromatic carbocycles. The van der Waals surface area contributed by atoms with Gasteiger partial charge in [-0.25, -0.2) is 0 Å². The lowest BCUT2D eigenvalue weighted by molar-refractivity contribution is -0.0134. The Bertz CT molecular complexity index is 369. The lowest BCUT2D eigenvalue weighted by atomic mass is 9.54. The summed E-state index contributed by atoms with van der Waals surface area (Å²) >= 11 is 0. The minimum absolute atomic E-state index is 0.813. The van der Waals surface area contributed by atoms with E-state index in [0.29, 0.717) is 0 Å². The Hall–Kier alpha value is -0.760. The molecule has 0 aliphatic heterocycles. The Labute approximate surface area is 109 Å². The van der Waals surface area contributed by atoms with Gasteiger partial charge in [-0.15, -0.1) is 0 Å². The van der Waals surface area contributed by atoms with Crippen LogP contribution >= 0.6 is 0 Å². The smallest absolute Gasteiger partial charge is 0.105 e. The first-order valence-electron chi connectivity index (χ1n) is 7.64. The predicted molar refractivity (Wildman–Crippen MR) is 71.2 cm³/mol. The summed E-state index contributed by atoms with van der Waals surface area (Å²) in [5.74, 6) is 5.24. The quantitative estimate of drug-likeness (QED) is 0.881. The van der Waals surface area contributed by atoms with E-state index >= 15 is 0 Å². The molecule has 1 aromatic heterocycles. The Kier molecular flexibility index (Phi) is 2.72. The second-order valence-corrected chi connectivity index (χ2v) is 6.74. The minimum atomic E-state index is 0.813. The van der Waals surface area contributed by atoms with Gasteiger partial charge in [0.15, 0.2) is 0 Å². The maximum Gasteiger partial charge on any atom is 0.105 e. The van der Waals surface area contributed by atoms with Gasteiger partial charge in [0, 0.05) is 19.0 Å². The number of furan rings is 1. The first-order chi connectivity index (χ1) is 8.88. The third-order valence-electron chi connectivity index (χ3n) is 5.56. The fourth-order valence-electron chi connectivity index (χ4n) is 5.08. The van der Waals surface area contributed by atoms with Crippen molar-refractivity contribution in [2.24, 2.45) is 23.7 Å². The van der Waals surface area contributed by atoms with Crippen molar-refractivity contribution in [3.8, 4) is 0 Å². The van der Waals surface area contributed by atoms with Gasteiger partial charge in [0.2, 0.25) is 0 Å². The van der Waals surface area contributed by atoms with Crippen molar-refractivity contribution in [2.45, 2.75) is 44.6 Å². The van der Waals surface area contributed by atoms with E-state index in [0.717, 1.165) is 48.4 Å². The van der Waals surface area contributed by atoms with Gasteiger partial charge in [0.05, 0.1) is 6.26 Å². The second-order valence-electron chi connectivity index (χ2n) is 6.74. The van der Waals surface area contributed by atoms with Gasteiger partial charge in [-0.1, -0.05) is 0 Å². The Morgan fingerprint density at radius 2 is 1.78 bits per heavy atom. The molecule has 0 atom stereocenters. The molecule has 0 saturated heterocycles. The minimum Gasteiger partial charge on any atom is -0.469 e. The Balaban J connectivity index is 1.35. The molecule has 18 heavy (non-hydrogen) atoms. The molecule has 1 N–H and O–H groups in total. The van der Waals surface area contributed by atoms with Crippen LogP contribution in [-0.2, 0) is 6.42 Å². The van der Waals surface area contributed by atoms with Crippen molar-refractivity contribution in [2.75, 3.05) is 6.54 Å². The Morgan fingerprint density at radius 1 is 1.06 bits per heavy atom. The van der Waals surface area contributed by atoms with Crippen LogP contribution in [0.1, 0.15) is 37.9 Å². The topological polar surface area (TPSA) is 25.2 Å². The lowest BCUT2D eigenvalue weighted by Crippen LogP contribution is -2.54. The van der Waals surface area contributed by atoms with Crippen LogP contribution in [-0.4, -0.2) is 12.6 Å². The van der Waals surface area contributed by atoms with E-state index in [1.165, 1.54) is 25.7 Å². The van der Waals surface area contributed by atoms with Gasteiger partial charge < -0.3 is 9.73 Å². The Morgan fingerprint density at radius 3 is 2.39 bits per heavy atom. The highest BCUT2D eigenvalue weighted by molar-refractivity contribution is 5.02. The van der Waals surface area contributed by atoms with Gasteiger partial charge in [-0.2, -0.15) is 0 Å². The van der Waals surface area contributed by atoms with Crippen LogP contribution in [0, 0.1) is 23.7 Å². The molecule has 0 radical (unpaired) electrons. The van der Waals surface area contributed by atoms with E-state index in [2.05, 4.69) is 11.4 Å². The third-order valence-corrected chi connectivity index (χ3v) is 5.56. The van der Waals surface area contributed by atoms with E-state index in [1.54, 1.807) is 12.7 Å². The third kappa shape index (κ3) is 1.91. The number of hydrogen-bond acceptors (Lipinski definition) is 2. The van der Waals surface area contributed by atoms with Crippen LogP contribution in [0.3, 0.4) is 0 Å². The number of hydrogen-bond donors (Lipinski definition) is 1. The van der Waals surface area contributed by atoms with Gasteiger partial charge in [-0.3, -0.25) is 0 Å². The van der Waals surface area contributed by atoms with Crippen LogP contribution in [0.15, 0.2) is 22.8 Å². The summed E-state index contributed by atoms with van der Waals surface area (Å²) in [6.07, 6.45) is 10.4. The van der Waals surface area contributed by atoms with Crippen molar-refractivity contribution >= 4 is 0 Å². The van der Waals surface area contributed by atoms with Crippen LogP contribution < -0.4 is 5.32 Å². The zero-order chi connectivity index (χ0) is 11.9. The molecule has 4 fully saturated rings.